The van der Waals surface area contributed by atoms with Crippen LogP contribution in [0.1, 0.15) is 54.7 Å². The van der Waals surface area contributed by atoms with E-state index < -0.39 is 21.7 Å². The average Bonchev–Trinajstić information content (AvgIpc) is 3.62. The van der Waals surface area contributed by atoms with E-state index in [-0.39, 0.29) is 16.9 Å². The zero-order chi connectivity index (χ0) is 25.3. The van der Waals surface area contributed by atoms with Crippen molar-refractivity contribution in [3.05, 3.63) is 66.0 Å². The third-order valence-electron chi connectivity index (χ3n) is 6.26. The van der Waals surface area contributed by atoms with Gasteiger partial charge >= 0.3 is 0 Å². The van der Waals surface area contributed by atoms with Crippen LogP contribution in [0.15, 0.2) is 48.9 Å². The number of hydrogen-bond donors (Lipinski definition) is 1. The largest absolute Gasteiger partial charge is 0.477 e. The standard InChI is InChI=1S/C25H26FN5O4S/c1-2-35-24-15-27-14-22(29-24)16-5-8-19(20(26)12-16)25(32)31-11-3-4-23(31)21-13-17(9-10-28-21)30-36(33,34)18-6-7-18/h5,8-10,12-15,18,23H,2-4,6-7,11H2,1H3,(H,28,30)/t23-/m1/s1. The predicted octanol–water partition coefficient (Wildman–Crippen LogP) is 3.96. The second-order valence-electron chi connectivity index (χ2n) is 8.84. The van der Waals surface area contributed by atoms with Gasteiger partial charge in [-0.2, -0.15) is 0 Å². The van der Waals surface area contributed by atoms with Crippen molar-refractivity contribution in [1.82, 2.24) is 19.9 Å². The Morgan fingerprint density at radius 1 is 1.19 bits per heavy atom. The molecule has 3 heterocycles. The molecule has 5 rings (SSSR count). The Morgan fingerprint density at radius 3 is 2.78 bits per heavy atom. The Balaban J connectivity index is 1.36. The summed E-state index contributed by atoms with van der Waals surface area (Å²) < 4.78 is 47.7. The Labute approximate surface area is 208 Å². The van der Waals surface area contributed by atoms with Crippen LogP contribution in [0.2, 0.25) is 0 Å². The van der Waals surface area contributed by atoms with Gasteiger partial charge in [-0.15, -0.1) is 0 Å². The Bertz CT molecular complexity index is 1400. The number of carbonyl (C=O) groups excluding carboxylic acids is 1. The minimum Gasteiger partial charge on any atom is -0.477 e. The highest BCUT2D eigenvalue weighted by Gasteiger charge is 2.36. The number of pyridine rings is 1. The fraction of sp³-hybridized carbons (Fsp3) is 0.360. The fourth-order valence-corrected chi connectivity index (χ4v) is 5.72. The maximum atomic E-state index is 15.1. The highest BCUT2D eigenvalue weighted by molar-refractivity contribution is 7.93. The van der Waals surface area contributed by atoms with Gasteiger partial charge < -0.3 is 9.64 Å². The summed E-state index contributed by atoms with van der Waals surface area (Å²) in [6.07, 6.45) is 7.21. The SMILES string of the molecule is CCOc1cncc(-c2ccc(C(=O)N3CCC[C@@H]3c3cc(NS(=O)(=O)C4CC4)ccn3)c(F)c2)n1. The molecule has 0 unspecified atom stereocenters. The molecule has 1 amide bonds. The van der Waals surface area contributed by atoms with E-state index in [0.29, 0.717) is 60.9 Å². The summed E-state index contributed by atoms with van der Waals surface area (Å²) in [5.41, 5.74) is 1.85. The summed E-state index contributed by atoms with van der Waals surface area (Å²) in [5, 5.41) is -0.350. The molecule has 1 atom stereocenters. The lowest BCUT2D eigenvalue weighted by atomic mass is 10.1. The van der Waals surface area contributed by atoms with Gasteiger partial charge in [-0.25, -0.2) is 17.8 Å². The van der Waals surface area contributed by atoms with Crippen LogP contribution in [0.5, 0.6) is 5.88 Å². The van der Waals surface area contributed by atoms with Crippen LogP contribution in [0.4, 0.5) is 10.1 Å². The van der Waals surface area contributed by atoms with E-state index in [0.717, 1.165) is 6.42 Å². The number of benzene rings is 1. The third kappa shape index (κ3) is 5.01. The zero-order valence-corrected chi connectivity index (χ0v) is 20.5. The highest BCUT2D eigenvalue weighted by atomic mass is 32.2. The summed E-state index contributed by atoms with van der Waals surface area (Å²) in [5.74, 6) is -0.767. The molecule has 2 aliphatic rings. The van der Waals surface area contributed by atoms with Crippen LogP contribution in [-0.4, -0.2) is 52.6 Å². The van der Waals surface area contributed by atoms with Crippen LogP contribution in [0.25, 0.3) is 11.3 Å². The van der Waals surface area contributed by atoms with E-state index in [1.165, 1.54) is 30.7 Å². The number of anilines is 1. The van der Waals surface area contributed by atoms with Crippen LogP contribution < -0.4 is 9.46 Å². The van der Waals surface area contributed by atoms with Gasteiger partial charge in [0, 0.05) is 18.3 Å². The van der Waals surface area contributed by atoms with Gasteiger partial charge in [-0.1, -0.05) is 6.07 Å². The molecule has 2 fully saturated rings. The number of aromatic nitrogens is 3. The molecule has 1 N–H and O–H groups in total. The molecule has 1 aliphatic heterocycles. The van der Waals surface area contributed by atoms with E-state index >= 15 is 4.39 Å². The van der Waals surface area contributed by atoms with Crippen molar-refractivity contribution in [3.63, 3.8) is 0 Å². The summed E-state index contributed by atoms with van der Waals surface area (Å²) >= 11 is 0. The summed E-state index contributed by atoms with van der Waals surface area (Å²) in [6, 6.07) is 7.21. The monoisotopic (exact) mass is 511 g/mol. The van der Waals surface area contributed by atoms with Gasteiger partial charge in [0.15, 0.2) is 0 Å². The molecule has 36 heavy (non-hydrogen) atoms. The van der Waals surface area contributed by atoms with Gasteiger partial charge in [0.2, 0.25) is 15.9 Å². The van der Waals surface area contributed by atoms with Crippen molar-refractivity contribution in [2.45, 2.75) is 43.9 Å². The molecule has 1 aromatic carbocycles. The van der Waals surface area contributed by atoms with Crippen LogP contribution in [-0.2, 0) is 10.0 Å². The molecule has 1 saturated carbocycles. The lowest BCUT2D eigenvalue weighted by molar-refractivity contribution is 0.0728. The van der Waals surface area contributed by atoms with Crippen LogP contribution in [0, 0.1) is 5.82 Å². The topological polar surface area (TPSA) is 114 Å². The maximum Gasteiger partial charge on any atom is 0.257 e. The molecule has 0 spiro atoms. The lowest BCUT2D eigenvalue weighted by Gasteiger charge is -2.25. The molecule has 1 saturated heterocycles. The lowest BCUT2D eigenvalue weighted by Crippen LogP contribution is -2.31. The van der Waals surface area contributed by atoms with Crippen molar-refractivity contribution < 1.29 is 22.3 Å². The number of carbonyl (C=O) groups is 1. The number of nitrogens with zero attached hydrogens (tertiary/aromatic N) is 4. The number of halogens is 1. The molecule has 11 heteroatoms. The van der Waals surface area contributed by atoms with Crippen molar-refractivity contribution in [3.8, 4) is 17.1 Å². The molecular formula is C25H26FN5O4S. The van der Waals surface area contributed by atoms with Gasteiger partial charge in [-0.05, 0) is 56.9 Å². The van der Waals surface area contributed by atoms with Crippen LogP contribution >= 0.6 is 0 Å². The molecule has 9 nitrogen and oxygen atoms in total. The zero-order valence-electron chi connectivity index (χ0n) is 19.7. The molecular weight excluding hydrogens is 485 g/mol. The third-order valence-corrected chi connectivity index (χ3v) is 8.13. The first-order valence-corrected chi connectivity index (χ1v) is 13.4. The number of hydrogen-bond acceptors (Lipinski definition) is 7. The van der Waals surface area contributed by atoms with Crippen molar-refractivity contribution in [2.24, 2.45) is 0 Å². The highest BCUT2D eigenvalue weighted by Crippen LogP contribution is 2.35. The first kappa shape index (κ1) is 24.1. The van der Waals surface area contributed by atoms with E-state index in [1.54, 1.807) is 23.1 Å². The van der Waals surface area contributed by atoms with Gasteiger partial charge in [-0.3, -0.25) is 19.5 Å². The second-order valence-corrected chi connectivity index (χ2v) is 10.8. The summed E-state index contributed by atoms with van der Waals surface area (Å²) in [7, 11) is -3.42. The number of nitrogens with one attached hydrogen (secondary N) is 1. The number of ether oxygens (including phenoxy) is 1. The van der Waals surface area contributed by atoms with E-state index in [4.69, 9.17) is 4.74 Å². The van der Waals surface area contributed by atoms with Crippen molar-refractivity contribution in [2.75, 3.05) is 17.9 Å². The van der Waals surface area contributed by atoms with Crippen molar-refractivity contribution >= 4 is 21.6 Å². The van der Waals surface area contributed by atoms with Gasteiger partial charge in [0.05, 0.1) is 52.9 Å². The maximum absolute atomic E-state index is 15.1. The molecule has 3 aromatic rings. The van der Waals surface area contributed by atoms with E-state index in [1.807, 2.05) is 6.92 Å². The first-order chi connectivity index (χ1) is 17.4. The van der Waals surface area contributed by atoms with E-state index in [2.05, 4.69) is 19.7 Å². The molecule has 1 aliphatic carbocycles. The Kier molecular flexibility index (Phi) is 6.57. The van der Waals surface area contributed by atoms with Gasteiger partial charge in [0.25, 0.3) is 5.91 Å². The molecule has 0 radical (unpaired) electrons. The summed E-state index contributed by atoms with van der Waals surface area (Å²) in [6.45, 7) is 2.71. The minimum absolute atomic E-state index is 0.0508. The number of likely N-dealkylation sites (tertiary alicyclic amines) is 1. The van der Waals surface area contributed by atoms with Gasteiger partial charge in [0.1, 0.15) is 5.82 Å². The Hall–Kier alpha value is -3.60. The van der Waals surface area contributed by atoms with Crippen LogP contribution in [0.3, 0.4) is 0 Å². The molecule has 0 bridgehead atoms. The number of rotatable bonds is 8. The fourth-order valence-electron chi connectivity index (χ4n) is 4.34. The number of sulfonamides is 1. The quantitative estimate of drug-likeness (QED) is 0.487. The minimum atomic E-state index is -3.42. The Morgan fingerprint density at radius 2 is 2.03 bits per heavy atom. The second kappa shape index (κ2) is 9.81. The summed E-state index contributed by atoms with van der Waals surface area (Å²) in [4.78, 5) is 27.7. The molecule has 2 aromatic heterocycles. The predicted molar refractivity (Wildman–Crippen MR) is 131 cm³/mol. The smallest absolute Gasteiger partial charge is 0.257 e. The average molecular weight is 512 g/mol. The normalized spacial score (nSPS) is 17.7. The van der Waals surface area contributed by atoms with Crippen molar-refractivity contribution in [1.29, 1.82) is 0 Å². The van der Waals surface area contributed by atoms with E-state index in [9.17, 15) is 13.2 Å². The molecule has 188 valence electrons. The number of amides is 1. The first-order valence-electron chi connectivity index (χ1n) is 11.9.